The molecule has 0 spiro atoms. The van der Waals surface area contributed by atoms with Crippen LogP contribution in [0.4, 0.5) is 0 Å². The Hall–Kier alpha value is -1.75. The first-order chi connectivity index (χ1) is 10.4. The van der Waals surface area contributed by atoms with Crippen molar-refractivity contribution in [2.45, 2.75) is 51.6 Å². The van der Waals surface area contributed by atoms with Crippen LogP contribution in [0.3, 0.4) is 0 Å². The summed E-state index contributed by atoms with van der Waals surface area (Å²) >= 11 is 0. The average Bonchev–Trinajstić information content (AvgIpc) is 3.16. The van der Waals surface area contributed by atoms with Gasteiger partial charge in [0.25, 0.3) is 0 Å². The zero-order valence-corrected chi connectivity index (χ0v) is 12.6. The molecule has 2 aromatic rings. The lowest BCUT2D eigenvalue weighted by atomic mass is 10.1. The first kappa shape index (κ1) is 14.2. The summed E-state index contributed by atoms with van der Waals surface area (Å²) in [6, 6.07) is 0.390. The van der Waals surface area contributed by atoms with E-state index in [2.05, 4.69) is 31.8 Å². The van der Waals surface area contributed by atoms with Crippen molar-refractivity contribution in [2.75, 3.05) is 6.54 Å². The van der Waals surface area contributed by atoms with Crippen LogP contribution in [0.15, 0.2) is 24.8 Å². The van der Waals surface area contributed by atoms with E-state index in [0.29, 0.717) is 6.04 Å². The van der Waals surface area contributed by atoms with Crippen LogP contribution in [0.5, 0.6) is 0 Å². The van der Waals surface area contributed by atoms with Crippen molar-refractivity contribution in [3.63, 3.8) is 0 Å². The maximum absolute atomic E-state index is 4.48. The Morgan fingerprint density at radius 3 is 3.05 bits per heavy atom. The molecule has 0 aromatic carbocycles. The molecule has 5 nitrogen and oxygen atoms in total. The van der Waals surface area contributed by atoms with Crippen LogP contribution in [0, 0.1) is 0 Å². The monoisotopic (exact) mass is 285 g/mol. The van der Waals surface area contributed by atoms with E-state index in [-0.39, 0.29) is 0 Å². The van der Waals surface area contributed by atoms with Gasteiger partial charge in [-0.1, -0.05) is 13.3 Å². The molecule has 1 aliphatic heterocycles. The molecule has 3 rings (SSSR count). The summed E-state index contributed by atoms with van der Waals surface area (Å²) in [6.45, 7) is 4.24. The Bertz CT molecular complexity index is 551. The molecule has 112 valence electrons. The van der Waals surface area contributed by atoms with Crippen LogP contribution in [0.1, 0.15) is 55.9 Å². The fourth-order valence-corrected chi connectivity index (χ4v) is 3.01. The lowest BCUT2D eigenvalue weighted by Crippen LogP contribution is -2.23. The molecule has 0 amide bonds. The van der Waals surface area contributed by atoms with Gasteiger partial charge in [-0.2, -0.15) is 0 Å². The number of hydrogen-bond donors (Lipinski definition) is 1. The van der Waals surface area contributed by atoms with Gasteiger partial charge in [-0.15, -0.1) is 0 Å². The van der Waals surface area contributed by atoms with Gasteiger partial charge < -0.3 is 4.98 Å². The first-order valence-electron chi connectivity index (χ1n) is 7.89. The number of unbranched alkanes of at least 4 members (excludes halogenated alkanes) is 1. The van der Waals surface area contributed by atoms with E-state index in [1.807, 2.05) is 12.4 Å². The van der Waals surface area contributed by atoms with Crippen LogP contribution in [-0.2, 0) is 13.0 Å². The quantitative estimate of drug-likeness (QED) is 0.886. The van der Waals surface area contributed by atoms with Gasteiger partial charge in [0.1, 0.15) is 5.82 Å². The molecule has 2 aromatic heterocycles. The number of H-pyrrole nitrogens is 1. The smallest absolute Gasteiger partial charge is 0.106 e. The van der Waals surface area contributed by atoms with Gasteiger partial charge in [0.2, 0.25) is 0 Å². The predicted octanol–water partition coefficient (Wildman–Crippen LogP) is 2.88. The summed E-state index contributed by atoms with van der Waals surface area (Å²) in [7, 11) is 0. The number of aryl methyl sites for hydroxylation is 1. The summed E-state index contributed by atoms with van der Waals surface area (Å²) in [4.78, 5) is 19.1. The molecule has 0 saturated carbocycles. The number of likely N-dealkylation sites (tertiary alicyclic amines) is 1. The zero-order chi connectivity index (χ0) is 14.5. The van der Waals surface area contributed by atoms with Crippen molar-refractivity contribution >= 4 is 0 Å². The number of rotatable bonds is 6. The molecule has 1 saturated heterocycles. The lowest BCUT2D eigenvalue weighted by molar-refractivity contribution is 0.241. The highest BCUT2D eigenvalue weighted by atomic mass is 15.2. The fourth-order valence-electron chi connectivity index (χ4n) is 3.01. The van der Waals surface area contributed by atoms with Crippen molar-refractivity contribution in [2.24, 2.45) is 0 Å². The molecule has 1 aliphatic rings. The first-order valence-corrected chi connectivity index (χ1v) is 7.89. The van der Waals surface area contributed by atoms with Gasteiger partial charge in [-0.05, 0) is 25.8 Å². The highest BCUT2D eigenvalue weighted by molar-refractivity contribution is 5.08. The molecule has 1 fully saturated rings. The summed E-state index contributed by atoms with van der Waals surface area (Å²) in [5.74, 6) is 1.11. The molecular formula is C16H23N5. The summed E-state index contributed by atoms with van der Waals surface area (Å²) in [5, 5.41) is 0. The van der Waals surface area contributed by atoms with Crippen LogP contribution < -0.4 is 0 Å². The molecule has 1 N–H and O–H groups in total. The highest BCUT2D eigenvalue weighted by Gasteiger charge is 2.27. The third-order valence-electron chi connectivity index (χ3n) is 4.11. The molecule has 0 radical (unpaired) electrons. The van der Waals surface area contributed by atoms with Gasteiger partial charge in [0.05, 0.1) is 11.7 Å². The summed E-state index contributed by atoms with van der Waals surface area (Å²) in [5.41, 5.74) is 2.29. The topological polar surface area (TPSA) is 57.7 Å². The Balaban J connectivity index is 1.65. The second-order valence-corrected chi connectivity index (χ2v) is 5.72. The van der Waals surface area contributed by atoms with Gasteiger partial charge in [-0.3, -0.25) is 14.9 Å². The fraction of sp³-hybridized carbons (Fsp3) is 0.562. The number of hydrogen-bond acceptors (Lipinski definition) is 4. The van der Waals surface area contributed by atoms with Crippen LogP contribution in [0.25, 0.3) is 0 Å². The minimum absolute atomic E-state index is 0.390. The largest absolute Gasteiger partial charge is 0.345 e. The Labute approximate surface area is 125 Å². The normalized spacial score (nSPS) is 19.2. The molecule has 3 heterocycles. The number of nitrogens with one attached hydrogen (secondary N) is 1. The van der Waals surface area contributed by atoms with E-state index >= 15 is 0 Å². The van der Waals surface area contributed by atoms with Gasteiger partial charge in [-0.25, -0.2) is 4.98 Å². The maximum atomic E-state index is 4.48. The Morgan fingerprint density at radius 1 is 1.29 bits per heavy atom. The Morgan fingerprint density at radius 2 is 2.24 bits per heavy atom. The molecule has 0 aliphatic carbocycles. The standard InChI is InChI=1S/C16H23N5/c1-2-3-6-16-19-10-13(20-16)12-21-9-4-5-15(21)14-11-17-7-8-18-14/h7-8,10-11,15H,2-6,9,12H2,1H3,(H,19,20). The average molecular weight is 285 g/mol. The third kappa shape index (κ3) is 3.47. The van der Waals surface area contributed by atoms with Crippen LogP contribution in [0.2, 0.25) is 0 Å². The van der Waals surface area contributed by atoms with Crippen molar-refractivity contribution in [1.29, 1.82) is 0 Å². The second kappa shape index (κ2) is 6.80. The molecule has 0 bridgehead atoms. The molecule has 21 heavy (non-hydrogen) atoms. The highest BCUT2D eigenvalue weighted by Crippen LogP contribution is 2.31. The number of aromatic amines is 1. The van der Waals surface area contributed by atoms with Crippen LogP contribution >= 0.6 is 0 Å². The third-order valence-corrected chi connectivity index (χ3v) is 4.11. The van der Waals surface area contributed by atoms with E-state index in [0.717, 1.165) is 37.4 Å². The van der Waals surface area contributed by atoms with E-state index in [1.54, 1.807) is 12.4 Å². The SMILES string of the molecule is CCCCc1ncc(CN2CCCC2c2cnccn2)[nH]1. The van der Waals surface area contributed by atoms with E-state index in [4.69, 9.17) is 0 Å². The minimum Gasteiger partial charge on any atom is -0.345 e. The minimum atomic E-state index is 0.390. The lowest BCUT2D eigenvalue weighted by Gasteiger charge is -2.22. The number of nitrogens with zero attached hydrogens (tertiary/aromatic N) is 4. The summed E-state index contributed by atoms with van der Waals surface area (Å²) in [6.07, 6.45) is 13.2. The maximum Gasteiger partial charge on any atom is 0.106 e. The molecular weight excluding hydrogens is 262 g/mol. The van der Waals surface area contributed by atoms with E-state index < -0.39 is 0 Å². The number of imidazole rings is 1. The van der Waals surface area contributed by atoms with E-state index in [9.17, 15) is 0 Å². The molecule has 1 unspecified atom stereocenters. The summed E-state index contributed by atoms with van der Waals surface area (Å²) < 4.78 is 0. The molecule has 5 heteroatoms. The zero-order valence-electron chi connectivity index (χ0n) is 12.6. The van der Waals surface area contributed by atoms with Crippen molar-refractivity contribution in [3.8, 4) is 0 Å². The number of aromatic nitrogens is 4. The molecule has 1 atom stereocenters. The van der Waals surface area contributed by atoms with Gasteiger partial charge >= 0.3 is 0 Å². The van der Waals surface area contributed by atoms with Crippen LogP contribution in [-0.4, -0.2) is 31.4 Å². The van der Waals surface area contributed by atoms with Crippen molar-refractivity contribution in [3.05, 3.63) is 42.0 Å². The van der Waals surface area contributed by atoms with Gasteiger partial charge in [0, 0.05) is 43.4 Å². The predicted molar refractivity (Wildman–Crippen MR) is 81.6 cm³/mol. The van der Waals surface area contributed by atoms with Crippen molar-refractivity contribution < 1.29 is 0 Å². The van der Waals surface area contributed by atoms with Crippen molar-refractivity contribution in [1.82, 2.24) is 24.8 Å². The second-order valence-electron chi connectivity index (χ2n) is 5.72. The van der Waals surface area contributed by atoms with Gasteiger partial charge in [0.15, 0.2) is 0 Å². The Kier molecular flexibility index (Phi) is 4.60. The van der Waals surface area contributed by atoms with E-state index in [1.165, 1.54) is 25.0 Å².